The van der Waals surface area contributed by atoms with Crippen LogP contribution in [-0.4, -0.2) is 23.4 Å². The Hall–Kier alpha value is -1.05. The number of hydrogen-bond acceptors (Lipinski definition) is 2. The summed E-state index contributed by atoms with van der Waals surface area (Å²) in [6.45, 7) is 0.650. The van der Waals surface area contributed by atoms with Crippen LogP contribution in [0.15, 0.2) is 22.7 Å². The quantitative estimate of drug-likeness (QED) is 0.790. The van der Waals surface area contributed by atoms with Crippen molar-refractivity contribution < 1.29 is 4.79 Å². The van der Waals surface area contributed by atoms with Crippen molar-refractivity contribution in [1.29, 1.82) is 5.26 Å². The number of likely N-dealkylation sites (tertiary alicyclic amines) is 1. The fourth-order valence-corrected chi connectivity index (χ4v) is 2.60. The average molecular weight is 328 g/mol. The molecule has 1 aromatic rings. The van der Waals surface area contributed by atoms with Crippen LogP contribution in [0, 0.1) is 11.3 Å². The second kappa shape index (κ2) is 5.73. The zero-order chi connectivity index (χ0) is 13.1. The SMILES string of the molecule is N#CC1CCCCN1C(=O)c1ccc(Cl)c(Br)c1. The zero-order valence-electron chi connectivity index (χ0n) is 9.70. The predicted octanol–water partition coefficient (Wildman–Crippen LogP) is 3.62. The van der Waals surface area contributed by atoms with E-state index in [-0.39, 0.29) is 11.9 Å². The summed E-state index contributed by atoms with van der Waals surface area (Å²) in [5, 5.41) is 9.65. The molecule has 0 aromatic heterocycles. The molecule has 1 heterocycles. The van der Waals surface area contributed by atoms with Crippen LogP contribution in [-0.2, 0) is 0 Å². The molecule has 0 N–H and O–H groups in total. The minimum Gasteiger partial charge on any atom is -0.323 e. The van der Waals surface area contributed by atoms with Crippen LogP contribution in [0.4, 0.5) is 0 Å². The van der Waals surface area contributed by atoms with Gasteiger partial charge in [-0.2, -0.15) is 5.26 Å². The summed E-state index contributed by atoms with van der Waals surface area (Å²) in [5.74, 6) is -0.0985. The van der Waals surface area contributed by atoms with Crippen molar-refractivity contribution in [2.75, 3.05) is 6.54 Å². The highest BCUT2D eigenvalue weighted by atomic mass is 79.9. The maximum absolute atomic E-state index is 12.3. The molecule has 0 radical (unpaired) electrons. The van der Waals surface area contributed by atoms with Gasteiger partial charge in [-0.1, -0.05) is 11.6 Å². The predicted molar refractivity (Wildman–Crippen MR) is 73.4 cm³/mol. The van der Waals surface area contributed by atoms with Gasteiger partial charge in [0.25, 0.3) is 5.91 Å². The van der Waals surface area contributed by atoms with Gasteiger partial charge in [0.15, 0.2) is 0 Å². The Morgan fingerprint density at radius 3 is 2.94 bits per heavy atom. The van der Waals surface area contributed by atoms with Gasteiger partial charge in [0.2, 0.25) is 0 Å². The summed E-state index contributed by atoms with van der Waals surface area (Å²) < 4.78 is 0.695. The minimum atomic E-state index is -0.305. The largest absolute Gasteiger partial charge is 0.323 e. The van der Waals surface area contributed by atoms with Crippen LogP contribution >= 0.6 is 27.5 Å². The Morgan fingerprint density at radius 1 is 1.50 bits per heavy atom. The molecule has 1 unspecified atom stereocenters. The van der Waals surface area contributed by atoms with Gasteiger partial charge in [0.1, 0.15) is 6.04 Å². The molecule has 0 bridgehead atoms. The number of carbonyl (C=O) groups is 1. The van der Waals surface area contributed by atoms with Gasteiger partial charge < -0.3 is 4.90 Å². The Kier molecular flexibility index (Phi) is 4.26. The number of nitrogens with zero attached hydrogens (tertiary/aromatic N) is 2. The summed E-state index contributed by atoms with van der Waals surface area (Å²) in [4.78, 5) is 14.0. The number of halogens is 2. The summed E-state index contributed by atoms with van der Waals surface area (Å²) >= 11 is 9.21. The molecule has 5 heteroatoms. The van der Waals surface area contributed by atoms with Crippen molar-refractivity contribution in [2.24, 2.45) is 0 Å². The monoisotopic (exact) mass is 326 g/mol. The van der Waals surface area contributed by atoms with Gasteiger partial charge in [0, 0.05) is 16.6 Å². The Balaban J connectivity index is 2.24. The van der Waals surface area contributed by atoms with Crippen LogP contribution in [0.5, 0.6) is 0 Å². The van der Waals surface area contributed by atoms with E-state index in [0.717, 1.165) is 19.3 Å². The van der Waals surface area contributed by atoms with Crippen molar-refractivity contribution >= 4 is 33.4 Å². The number of carbonyl (C=O) groups excluding carboxylic acids is 1. The van der Waals surface area contributed by atoms with E-state index in [1.54, 1.807) is 23.1 Å². The van der Waals surface area contributed by atoms with Crippen LogP contribution in [0.1, 0.15) is 29.6 Å². The molecule has 1 aliphatic heterocycles. The van der Waals surface area contributed by atoms with E-state index in [2.05, 4.69) is 22.0 Å². The molecule has 18 heavy (non-hydrogen) atoms. The number of piperidine rings is 1. The molecule has 0 saturated carbocycles. The number of nitriles is 1. The highest BCUT2D eigenvalue weighted by Crippen LogP contribution is 2.25. The van der Waals surface area contributed by atoms with Gasteiger partial charge in [-0.15, -0.1) is 0 Å². The van der Waals surface area contributed by atoms with E-state index < -0.39 is 0 Å². The maximum atomic E-state index is 12.3. The number of amides is 1. The van der Waals surface area contributed by atoms with E-state index in [1.807, 2.05) is 0 Å². The molecule has 1 saturated heterocycles. The summed E-state index contributed by atoms with van der Waals surface area (Å²) in [5.41, 5.74) is 0.563. The standard InChI is InChI=1S/C13H12BrClN2O/c14-11-7-9(4-5-12(11)15)13(18)17-6-2-1-3-10(17)8-16/h4-5,7,10H,1-3,6H2. The topological polar surface area (TPSA) is 44.1 Å². The fraction of sp³-hybridized carbons (Fsp3) is 0.385. The average Bonchev–Trinajstić information content (AvgIpc) is 2.41. The lowest BCUT2D eigenvalue weighted by atomic mass is 10.0. The Bertz CT molecular complexity index is 512. The van der Waals surface area contributed by atoms with Crippen molar-refractivity contribution in [2.45, 2.75) is 25.3 Å². The lowest BCUT2D eigenvalue weighted by Crippen LogP contribution is -2.42. The Labute approximate surface area is 119 Å². The van der Waals surface area contributed by atoms with Gasteiger partial charge >= 0.3 is 0 Å². The first-order chi connectivity index (χ1) is 8.63. The van der Waals surface area contributed by atoms with Gasteiger partial charge in [-0.3, -0.25) is 4.79 Å². The van der Waals surface area contributed by atoms with E-state index >= 15 is 0 Å². The summed E-state index contributed by atoms with van der Waals surface area (Å²) in [6, 6.07) is 6.97. The molecule has 1 fully saturated rings. The molecular formula is C13H12BrClN2O. The van der Waals surface area contributed by atoms with Gasteiger partial charge in [-0.05, 0) is 53.4 Å². The third kappa shape index (κ3) is 2.68. The molecule has 1 aliphatic rings. The minimum absolute atomic E-state index is 0.0985. The van der Waals surface area contributed by atoms with Crippen molar-refractivity contribution in [3.63, 3.8) is 0 Å². The molecule has 94 valence electrons. The Morgan fingerprint density at radius 2 is 2.28 bits per heavy atom. The summed E-state index contributed by atoms with van der Waals surface area (Å²) in [6.07, 6.45) is 2.72. The molecule has 0 aliphatic carbocycles. The molecule has 1 amide bonds. The molecule has 2 rings (SSSR count). The first-order valence-corrected chi connectivity index (χ1v) is 6.96. The van der Waals surface area contributed by atoms with E-state index in [9.17, 15) is 4.79 Å². The van der Waals surface area contributed by atoms with Gasteiger partial charge in [-0.25, -0.2) is 0 Å². The number of benzene rings is 1. The van der Waals surface area contributed by atoms with Crippen molar-refractivity contribution in [3.8, 4) is 6.07 Å². The normalized spacial score (nSPS) is 19.4. The molecule has 3 nitrogen and oxygen atoms in total. The molecular weight excluding hydrogens is 316 g/mol. The highest BCUT2D eigenvalue weighted by molar-refractivity contribution is 9.10. The second-order valence-electron chi connectivity index (χ2n) is 4.27. The van der Waals surface area contributed by atoms with Crippen LogP contribution in [0.2, 0.25) is 5.02 Å². The third-order valence-electron chi connectivity index (χ3n) is 3.08. The van der Waals surface area contributed by atoms with Crippen molar-refractivity contribution in [1.82, 2.24) is 4.90 Å². The third-order valence-corrected chi connectivity index (χ3v) is 4.29. The first kappa shape index (κ1) is 13.4. The summed E-state index contributed by atoms with van der Waals surface area (Å²) in [7, 11) is 0. The first-order valence-electron chi connectivity index (χ1n) is 5.79. The lowest BCUT2D eigenvalue weighted by molar-refractivity contribution is 0.0670. The molecule has 0 spiro atoms. The number of rotatable bonds is 1. The van der Waals surface area contributed by atoms with Gasteiger partial charge in [0.05, 0.1) is 11.1 Å². The highest BCUT2D eigenvalue weighted by Gasteiger charge is 2.27. The lowest BCUT2D eigenvalue weighted by Gasteiger charge is -2.31. The number of hydrogen-bond donors (Lipinski definition) is 0. The molecule has 1 atom stereocenters. The maximum Gasteiger partial charge on any atom is 0.254 e. The zero-order valence-corrected chi connectivity index (χ0v) is 12.0. The fourth-order valence-electron chi connectivity index (χ4n) is 2.10. The van der Waals surface area contributed by atoms with E-state index in [4.69, 9.17) is 16.9 Å². The van der Waals surface area contributed by atoms with Crippen LogP contribution < -0.4 is 0 Å². The smallest absolute Gasteiger partial charge is 0.254 e. The molecule has 1 aromatic carbocycles. The van der Waals surface area contributed by atoms with Crippen LogP contribution in [0.25, 0.3) is 0 Å². The van der Waals surface area contributed by atoms with E-state index in [0.29, 0.717) is 21.6 Å². The van der Waals surface area contributed by atoms with E-state index in [1.165, 1.54) is 0 Å². The van der Waals surface area contributed by atoms with Crippen LogP contribution in [0.3, 0.4) is 0 Å². The van der Waals surface area contributed by atoms with Crippen molar-refractivity contribution in [3.05, 3.63) is 33.3 Å². The second-order valence-corrected chi connectivity index (χ2v) is 5.53.